The molecule has 0 aliphatic rings. The third kappa shape index (κ3) is 8.36. The Morgan fingerprint density at radius 3 is 1.53 bits per heavy atom. The van der Waals surface area contributed by atoms with Crippen molar-refractivity contribution < 1.29 is 19.2 Å². The van der Waals surface area contributed by atoms with E-state index in [-0.39, 0.29) is 0 Å². The van der Waals surface area contributed by atoms with Crippen LogP contribution in [0.1, 0.15) is 38.5 Å². The molecule has 0 fully saturated rings. The Morgan fingerprint density at radius 1 is 0.596 bits per heavy atom. The fraction of sp³-hybridized carbons (Fsp3) is 0.190. The van der Waals surface area contributed by atoms with Crippen LogP contribution in [-0.4, -0.2) is 24.3 Å². The van der Waals surface area contributed by atoms with E-state index >= 15 is 0 Å². The van der Waals surface area contributed by atoms with Crippen LogP contribution in [0.25, 0.3) is 10.9 Å². The maximum absolute atomic E-state index is 10.4. The highest BCUT2D eigenvalue weighted by atomic mass is 16.5. The zero-order valence-electron chi connectivity index (χ0n) is 27.2. The average molecular weight is 622 g/mol. The number of hydrogen-bond donors (Lipinski definition) is 1. The van der Waals surface area contributed by atoms with Crippen molar-refractivity contribution in [2.45, 2.75) is 45.1 Å². The van der Waals surface area contributed by atoms with E-state index in [0.29, 0.717) is 6.42 Å². The Kier molecular flexibility index (Phi) is 12.0. The summed E-state index contributed by atoms with van der Waals surface area (Å²) < 4.78 is 7.53. The molecular weight excluding hydrogens is 577 g/mol. The minimum Gasteiger partial charge on any atom is -0.497 e. The van der Waals surface area contributed by atoms with Crippen LogP contribution in [0.2, 0.25) is 0 Å². The zero-order valence-corrected chi connectivity index (χ0v) is 27.2. The molecule has 0 bridgehead atoms. The van der Waals surface area contributed by atoms with Crippen molar-refractivity contribution >= 4 is 44.9 Å². The van der Waals surface area contributed by atoms with Crippen molar-refractivity contribution in [1.82, 2.24) is 0 Å². The second-order valence-electron chi connectivity index (χ2n) is 12.0. The molecule has 1 aromatic heterocycles. The minimum atomic E-state index is -1.22. The number of pyridine rings is 1. The molecule has 6 rings (SSSR count). The number of methoxy groups -OCH3 is 1. The lowest BCUT2D eigenvalue weighted by molar-refractivity contribution is -0.671. The summed E-state index contributed by atoms with van der Waals surface area (Å²) in [6.45, 7) is 0.989. The number of carboxylic acids is 1. The Labute approximate surface area is 279 Å². The summed E-state index contributed by atoms with van der Waals surface area (Å²) in [5, 5.41) is 9.77. The first-order valence-electron chi connectivity index (χ1n) is 16.7. The fourth-order valence-corrected chi connectivity index (χ4v) is 6.79. The lowest BCUT2D eigenvalue weighted by Gasteiger charge is -2.44. The van der Waals surface area contributed by atoms with Crippen LogP contribution in [-0.2, 0) is 11.3 Å². The summed E-state index contributed by atoms with van der Waals surface area (Å²) in [5.41, 5.74) is 6.57. The van der Waals surface area contributed by atoms with Crippen LogP contribution in [0.4, 0.5) is 0 Å². The molecule has 47 heavy (non-hydrogen) atoms. The van der Waals surface area contributed by atoms with E-state index in [9.17, 15) is 4.79 Å². The van der Waals surface area contributed by atoms with Gasteiger partial charge < -0.3 is 9.84 Å². The predicted octanol–water partition coefficient (Wildman–Crippen LogP) is 6.63. The van der Waals surface area contributed by atoms with E-state index in [1.54, 1.807) is 7.11 Å². The Balaban J connectivity index is 0.000000186. The van der Waals surface area contributed by atoms with Gasteiger partial charge in [0.05, 0.1) is 12.5 Å². The van der Waals surface area contributed by atoms with Crippen LogP contribution in [0, 0.1) is 0 Å². The van der Waals surface area contributed by atoms with Gasteiger partial charge in [0.1, 0.15) is 18.4 Å². The number of benzene rings is 5. The number of aliphatic carboxylic acids is 1. The molecule has 4 nitrogen and oxygen atoms in total. The first-order chi connectivity index (χ1) is 23.1. The Morgan fingerprint density at radius 2 is 1.06 bits per heavy atom. The third-order valence-corrected chi connectivity index (χ3v) is 9.07. The summed E-state index contributed by atoms with van der Waals surface area (Å²) in [4.78, 5) is 10.4. The quantitative estimate of drug-likeness (QED) is 0.0896. The number of aromatic nitrogens is 1. The fourth-order valence-electron chi connectivity index (χ4n) is 6.79. The van der Waals surface area contributed by atoms with Gasteiger partial charge in [-0.15, -0.1) is 0 Å². The van der Waals surface area contributed by atoms with Gasteiger partial charge in [0, 0.05) is 25.0 Å². The smallest absolute Gasteiger partial charge is 0.303 e. The van der Waals surface area contributed by atoms with E-state index in [2.05, 4.69) is 156 Å². The number of nitrogens with zero attached hydrogens (tertiary/aromatic N) is 1. The molecular formula is C42H44BNO3. The molecule has 0 atom stereocenters. The summed E-state index contributed by atoms with van der Waals surface area (Å²) in [6.07, 6.45) is 6.33. The van der Waals surface area contributed by atoms with Crippen LogP contribution in [0.15, 0.2) is 158 Å². The van der Waals surface area contributed by atoms with E-state index in [1.165, 1.54) is 32.8 Å². The van der Waals surface area contributed by atoms with Gasteiger partial charge in [-0.2, -0.15) is 26.4 Å². The molecule has 0 spiro atoms. The van der Waals surface area contributed by atoms with Crippen molar-refractivity contribution in [3.05, 3.63) is 158 Å². The average Bonchev–Trinajstić information content (AvgIpc) is 3.13. The molecule has 0 amide bonds. The van der Waals surface area contributed by atoms with E-state index in [4.69, 9.17) is 9.84 Å². The monoisotopic (exact) mass is 621 g/mol. The number of aryl methyl sites for hydroxylation is 1. The maximum Gasteiger partial charge on any atom is 0.303 e. The van der Waals surface area contributed by atoms with Crippen LogP contribution in [0.3, 0.4) is 0 Å². The topological polar surface area (TPSA) is 50.4 Å². The van der Waals surface area contributed by atoms with E-state index < -0.39 is 12.1 Å². The highest BCUT2D eigenvalue weighted by Crippen LogP contribution is 2.18. The minimum absolute atomic E-state index is 0.292. The first-order valence-corrected chi connectivity index (χ1v) is 16.7. The summed E-state index contributed by atoms with van der Waals surface area (Å²) >= 11 is 0. The summed E-state index contributed by atoms with van der Waals surface area (Å²) in [7, 11) is 1.68. The largest absolute Gasteiger partial charge is 0.497 e. The van der Waals surface area contributed by atoms with Crippen molar-refractivity contribution in [1.29, 1.82) is 0 Å². The van der Waals surface area contributed by atoms with Gasteiger partial charge >= 0.3 is 5.97 Å². The Hall–Kier alpha value is -5.16. The van der Waals surface area contributed by atoms with Gasteiger partial charge in [-0.05, 0) is 31.0 Å². The van der Waals surface area contributed by atoms with Crippen LogP contribution >= 0.6 is 0 Å². The standard InChI is InChI=1S/C24H20B.C18H23NO3/c1-5-13-21(14-6-1)25(22-15-7-2-8-16-22,23-17-9-3-10-18-23)24-19-11-4-12-20-24;1-22-16-10-11-17-15(14-16)8-7-13-19(17)12-6-4-2-3-5-9-18(20)21/h1-20H;7-8,10-11,13-14H,2-6,9,12H2,1H3/q-1;/p+1. The molecule has 5 aromatic carbocycles. The zero-order chi connectivity index (χ0) is 32.7. The molecule has 1 N–H and O–H groups in total. The molecule has 5 heteroatoms. The van der Waals surface area contributed by atoms with Crippen LogP contribution < -0.4 is 31.2 Å². The number of carboxylic acid groups (broad SMARTS) is 1. The molecule has 0 saturated heterocycles. The lowest BCUT2D eigenvalue weighted by atomic mass is 9.13. The molecule has 6 aromatic rings. The van der Waals surface area contributed by atoms with Gasteiger partial charge in [-0.25, -0.2) is 0 Å². The summed E-state index contributed by atoms with van der Waals surface area (Å²) in [6, 6.07) is 53.8. The molecule has 0 saturated carbocycles. The van der Waals surface area contributed by atoms with Crippen molar-refractivity contribution in [2.75, 3.05) is 7.11 Å². The second kappa shape index (κ2) is 17.0. The predicted molar refractivity (Wildman–Crippen MR) is 196 cm³/mol. The Bertz CT molecular complexity index is 1650. The molecule has 0 aliphatic carbocycles. The molecule has 1 heterocycles. The third-order valence-electron chi connectivity index (χ3n) is 9.07. The number of rotatable bonds is 13. The van der Waals surface area contributed by atoms with Crippen LogP contribution in [0.5, 0.6) is 5.75 Å². The van der Waals surface area contributed by atoms with Gasteiger partial charge in [-0.1, -0.05) is 134 Å². The number of unbranched alkanes of at least 4 members (excludes halogenated alkanes) is 4. The SMILES string of the molecule is COc1ccc2c(ccc[n+]2CCCCCCCC(=O)O)c1.c1ccc([B-](c2ccccc2)(c2ccccc2)c2ccccc2)cc1. The lowest BCUT2D eigenvalue weighted by Crippen LogP contribution is -2.74. The molecule has 238 valence electrons. The van der Waals surface area contributed by atoms with Gasteiger partial charge in [0.15, 0.2) is 6.20 Å². The number of carbonyl (C=O) groups is 1. The number of ether oxygens (including phenoxy) is 1. The summed E-state index contributed by atoms with van der Waals surface area (Å²) in [5.74, 6) is 0.186. The normalized spacial score (nSPS) is 11.0. The maximum atomic E-state index is 10.4. The van der Waals surface area contributed by atoms with Crippen molar-refractivity contribution in [3.63, 3.8) is 0 Å². The van der Waals surface area contributed by atoms with Gasteiger partial charge in [0.2, 0.25) is 5.52 Å². The number of hydrogen-bond acceptors (Lipinski definition) is 2. The highest BCUT2D eigenvalue weighted by molar-refractivity contribution is 7.19. The number of fused-ring (bicyclic) bond motifs is 1. The van der Waals surface area contributed by atoms with Gasteiger partial charge in [-0.3, -0.25) is 4.79 Å². The highest BCUT2D eigenvalue weighted by Gasteiger charge is 2.31. The van der Waals surface area contributed by atoms with E-state index in [0.717, 1.165) is 44.4 Å². The second-order valence-corrected chi connectivity index (χ2v) is 12.0. The van der Waals surface area contributed by atoms with Crippen molar-refractivity contribution in [3.8, 4) is 5.75 Å². The van der Waals surface area contributed by atoms with Gasteiger partial charge in [0.25, 0.3) is 0 Å². The molecule has 0 unspecified atom stereocenters. The molecule has 0 aliphatic heterocycles. The molecule has 0 radical (unpaired) electrons. The van der Waals surface area contributed by atoms with Crippen molar-refractivity contribution in [2.24, 2.45) is 0 Å². The van der Waals surface area contributed by atoms with E-state index in [1.807, 2.05) is 6.07 Å². The first kappa shape index (κ1) is 33.2.